The molecule has 0 amide bonds. The maximum atomic E-state index is 11.3. The zero-order valence-electron chi connectivity index (χ0n) is 9.84. The number of terminal acetylenes is 1. The summed E-state index contributed by atoms with van der Waals surface area (Å²) in [6, 6.07) is 2.61. The molecular weight excluding hydrogens is 260 g/mol. The minimum Gasteiger partial charge on any atom is -0.496 e. The molecule has 6 nitrogen and oxygen atoms in total. The Labute approximate surface area is 105 Å². The molecule has 0 bridgehead atoms. The van der Waals surface area contributed by atoms with Crippen LogP contribution in [-0.2, 0) is 10.1 Å². The van der Waals surface area contributed by atoms with Crippen molar-refractivity contribution in [3.63, 3.8) is 0 Å². The van der Waals surface area contributed by atoms with Gasteiger partial charge in [-0.3, -0.25) is 4.55 Å². The van der Waals surface area contributed by atoms with Gasteiger partial charge < -0.3 is 14.2 Å². The van der Waals surface area contributed by atoms with Crippen molar-refractivity contribution in [3.8, 4) is 29.6 Å². The lowest BCUT2D eigenvalue weighted by atomic mass is 10.3. The summed E-state index contributed by atoms with van der Waals surface area (Å²) in [7, 11) is -1.85. The summed E-state index contributed by atoms with van der Waals surface area (Å²) in [4.78, 5) is -0.485. The normalized spacial score (nSPS) is 10.6. The molecule has 18 heavy (non-hydrogen) atoms. The summed E-state index contributed by atoms with van der Waals surface area (Å²) in [5.74, 6) is 2.27. The second-order valence-corrected chi connectivity index (χ2v) is 4.48. The van der Waals surface area contributed by atoms with Gasteiger partial charge in [0.15, 0.2) is 4.90 Å². The van der Waals surface area contributed by atoms with Gasteiger partial charge in [0.25, 0.3) is 0 Å². The molecule has 0 fully saturated rings. The van der Waals surface area contributed by atoms with Gasteiger partial charge in [0, 0.05) is 12.1 Å². The largest absolute Gasteiger partial charge is 0.496 e. The molecule has 98 valence electrons. The Balaban J connectivity index is 3.48. The molecule has 0 saturated carbocycles. The van der Waals surface area contributed by atoms with Crippen LogP contribution in [0.2, 0.25) is 0 Å². The van der Waals surface area contributed by atoms with Crippen molar-refractivity contribution in [2.45, 2.75) is 4.90 Å². The highest BCUT2D eigenvalue weighted by Gasteiger charge is 2.24. The van der Waals surface area contributed by atoms with E-state index in [1.165, 1.54) is 26.4 Å². The lowest BCUT2D eigenvalue weighted by Gasteiger charge is -2.13. The summed E-state index contributed by atoms with van der Waals surface area (Å²) < 4.78 is 46.7. The first-order valence-corrected chi connectivity index (χ1v) is 6.17. The SMILES string of the molecule is C#CCOc1cc(OC)cc(OC)c1S(=O)(=O)O. The second kappa shape index (κ2) is 5.62. The van der Waals surface area contributed by atoms with E-state index in [1.807, 2.05) is 0 Å². The minimum atomic E-state index is -4.51. The Morgan fingerprint density at radius 3 is 2.33 bits per heavy atom. The van der Waals surface area contributed by atoms with Crippen LogP contribution in [0, 0.1) is 12.3 Å². The van der Waals surface area contributed by atoms with E-state index < -0.39 is 15.0 Å². The number of benzene rings is 1. The third-order valence-corrected chi connectivity index (χ3v) is 2.94. The van der Waals surface area contributed by atoms with E-state index in [-0.39, 0.29) is 18.1 Å². The predicted molar refractivity (Wildman–Crippen MR) is 63.7 cm³/mol. The Hall–Kier alpha value is -1.91. The van der Waals surface area contributed by atoms with Crippen molar-refractivity contribution in [1.82, 2.24) is 0 Å². The van der Waals surface area contributed by atoms with Gasteiger partial charge in [-0.2, -0.15) is 8.42 Å². The summed E-state index contributed by atoms with van der Waals surface area (Å²) in [5, 5.41) is 0. The molecule has 0 aliphatic heterocycles. The lowest BCUT2D eigenvalue weighted by molar-refractivity contribution is 0.334. The third-order valence-electron chi connectivity index (χ3n) is 2.02. The highest BCUT2D eigenvalue weighted by Crippen LogP contribution is 2.37. The second-order valence-electron chi connectivity index (χ2n) is 3.12. The molecule has 1 aromatic carbocycles. The molecule has 0 heterocycles. The topological polar surface area (TPSA) is 82.1 Å². The molecule has 0 aromatic heterocycles. The number of methoxy groups -OCH3 is 2. The van der Waals surface area contributed by atoms with Gasteiger partial charge in [0.1, 0.15) is 23.9 Å². The third kappa shape index (κ3) is 3.06. The molecule has 0 aliphatic carbocycles. The van der Waals surface area contributed by atoms with Crippen LogP contribution in [0.5, 0.6) is 17.2 Å². The summed E-state index contributed by atoms with van der Waals surface area (Å²) in [6.45, 7) is -0.154. The molecule has 0 spiro atoms. The van der Waals surface area contributed by atoms with E-state index in [0.717, 1.165) is 0 Å². The first-order chi connectivity index (χ1) is 8.43. The molecule has 0 unspecified atom stereocenters. The molecule has 1 aromatic rings. The Kier molecular flexibility index (Phi) is 4.42. The van der Waals surface area contributed by atoms with E-state index in [0.29, 0.717) is 5.75 Å². The molecule has 1 rings (SSSR count). The summed E-state index contributed by atoms with van der Waals surface area (Å²) in [5.41, 5.74) is 0. The van der Waals surface area contributed by atoms with Crippen molar-refractivity contribution < 1.29 is 27.2 Å². The Morgan fingerprint density at radius 1 is 1.28 bits per heavy atom. The molecule has 1 N–H and O–H groups in total. The molecule has 0 radical (unpaired) electrons. The zero-order chi connectivity index (χ0) is 13.8. The zero-order valence-corrected chi connectivity index (χ0v) is 10.7. The van der Waals surface area contributed by atoms with Crippen molar-refractivity contribution in [2.24, 2.45) is 0 Å². The first-order valence-electron chi connectivity index (χ1n) is 4.73. The van der Waals surface area contributed by atoms with Crippen LogP contribution in [-0.4, -0.2) is 33.8 Å². The Morgan fingerprint density at radius 2 is 1.89 bits per heavy atom. The number of hydrogen-bond donors (Lipinski definition) is 1. The number of rotatable bonds is 5. The lowest BCUT2D eigenvalue weighted by Crippen LogP contribution is -2.07. The van der Waals surface area contributed by atoms with E-state index in [1.54, 1.807) is 0 Å². The van der Waals surface area contributed by atoms with Gasteiger partial charge in [-0.05, 0) is 0 Å². The summed E-state index contributed by atoms with van der Waals surface area (Å²) in [6.07, 6.45) is 5.03. The van der Waals surface area contributed by atoms with Crippen LogP contribution in [0.4, 0.5) is 0 Å². The smallest absolute Gasteiger partial charge is 0.301 e. The van der Waals surface area contributed by atoms with Crippen molar-refractivity contribution in [2.75, 3.05) is 20.8 Å². The van der Waals surface area contributed by atoms with E-state index >= 15 is 0 Å². The van der Waals surface area contributed by atoms with E-state index in [2.05, 4.69) is 5.92 Å². The van der Waals surface area contributed by atoms with E-state index in [4.69, 9.17) is 25.2 Å². The molecule has 0 aliphatic rings. The molecule has 7 heteroatoms. The van der Waals surface area contributed by atoms with Crippen LogP contribution in [0.1, 0.15) is 0 Å². The molecule has 0 saturated heterocycles. The standard InChI is InChI=1S/C11H12O6S/c1-4-5-17-10-7-8(15-2)6-9(16-3)11(10)18(12,13)14/h1,6-7H,5H2,2-3H3,(H,12,13,14). The highest BCUT2D eigenvalue weighted by atomic mass is 32.2. The van der Waals surface area contributed by atoms with Crippen molar-refractivity contribution in [3.05, 3.63) is 12.1 Å². The fraction of sp³-hybridized carbons (Fsp3) is 0.273. The minimum absolute atomic E-state index is 0.0936. The van der Waals surface area contributed by atoms with Crippen LogP contribution in [0.25, 0.3) is 0 Å². The summed E-state index contributed by atoms with van der Waals surface area (Å²) >= 11 is 0. The van der Waals surface area contributed by atoms with Crippen molar-refractivity contribution >= 4 is 10.1 Å². The molecular formula is C11H12O6S. The fourth-order valence-electron chi connectivity index (χ4n) is 1.30. The van der Waals surface area contributed by atoms with Crippen LogP contribution >= 0.6 is 0 Å². The number of ether oxygens (including phenoxy) is 3. The Bertz CT molecular complexity index is 570. The van der Waals surface area contributed by atoms with Crippen molar-refractivity contribution in [1.29, 1.82) is 0 Å². The monoisotopic (exact) mass is 272 g/mol. The van der Waals surface area contributed by atoms with Gasteiger partial charge in [-0.25, -0.2) is 0 Å². The van der Waals surface area contributed by atoms with Gasteiger partial charge in [-0.1, -0.05) is 5.92 Å². The van der Waals surface area contributed by atoms with Crippen LogP contribution in [0.15, 0.2) is 17.0 Å². The maximum Gasteiger partial charge on any atom is 0.301 e. The quantitative estimate of drug-likeness (QED) is 0.635. The predicted octanol–water partition coefficient (Wildman–Crippen LogP) is 0.963. The highest BCUT2D eigenvalue weighted by molar-refractivity contribution is 7.86. The molecule has 0 atom stereocenters. The number of hydrogen-bond acceptors (Lipinski definition) is 5. The van der Waals surface area contributed by atoms with E-state index in [9.17, 15) is 8.42 Å². The average molecular weight is 272 g/mol. The van der Waals surface area contributed by atoms with Gasteiger partial charge in [-0.15, -0.1) is 6.42 Å². The van der Waals surface area contributed by atoms with Gasteiger partial charge in [0.05, 0.1) is 14.2 Å². The fourth-order valence-corrected chi connectivity index (χ4v) is 2.07. The van der Waals surface area contributed by atoms with Crippen LogP contribution in [0.3, 0.4) is 0 Å². The maximum absolute atomic E-state index is 11.3. The van der Waals surface area contributed by atoms with Gasteiger partial charge in [0.2, 0.25) is 0 Å². The average Bonchev–Trinajstić information content (AvgIpc) is 2.33. The first kappa shape index (κ1) is 14.2. The van der Waals surface area contributed by atoms with Gasteiger partial charge >= 0.3 is 10.1 Å². The van der Waals surface area contributed by atoms with Crippen LogP contribution < -0.4 is 14.2 Å².